The molecule has 0 saturated heterocycles. The normalized spacial score (nSPS) is 15.2. The average molecular weight is 314 g/mol. The third kappa shape index (κ3) is 3.09. The second kappa shape index (κ2) is 6.40. The molecular weight excluding hydrogens is 296 g/mol. The van der Waals surface area contributed by atoms with Crippen molar-refractivity contribution in [2.75, 3.05) is 6.54 Å². The van der Waals surface area contributed by atoms with Crippen LogP contribution in [-0.4, -0.2) is 22.6 Å². The lowest BCUT2D eigenvalue weighted by Crippen LogP contribution is -2.40. The minimum Gasteiger partial charge on any atom is -0.618 e. The van der Waals surface area contributed by atoms with E-state index in [1.807, 2.05) is 30.0 Å². The van der Waals surface area contributed by atoms with E-state index in [1.165, 1.54) is 29.1 Å². The smallest absolute Gasteiger partial charge is 0.252 e. The highest BCUT2D eigenvalue weighted by Gasteiger charge is 2.26. The van der Waals surface area contributed by atoms with Crippen LogP contribution in [0.4, 0.5) is 0 Å². The van der Waals surface area contributed by atoms with Crippen molar-refractivity contribution < 1.29 is 9.52 Å². The first kappa shape index (κ1) is 14.9. The predicted molar refractivity (Wildman–Crippen MR) is 86.3 cm³/mol. The molecule has 5 heteroatoms. The average Bonchev–Trinajstić information content (AvgIpc) is 2.55. The zero-order chi connectivity index (χ0) is 15.5. The van der Waals surface area contributed by atoms with Crippen LogP contribution >= 0.6 is 11.8 Å². The van der Waals surface area contributed by atoms with E-state index in [9.17, 15) is 10.0 Å². The lowest BCUT2D eigenvalue weighted by atomic mass is 10.00. The van der Waals surface area contributed by atoms with Crippen molar-refractivity contribution in [3.63, 3.8) is 0 Å². The van der Waals surface area contributed by atoms with Crippen LogP contribution in [0.1, 0.15) is 18.1 Å². The molecule has 0 saturated carbocycles. The van der Waals surface area contributed by atoms with Crippen LogP contribution < -0.4 is 4.73 Å². The second-order valence-corrected chi connectivity index (χ2v) is 6.76. The van der Waals surface area contributed by atoms with Crippen molar-refractivity contribution in [2.45, 2.75) is 30.2 Å². The highest BCUT2D eigenvalue weighted by Crippen LogP contribution is 2.24. The molecule has 0 bridgehead atoms. The molecule has 0 unspecified atom stereocenters. The summed E-state index contributed by atoms with van der Waals surface area (Å²) in [6.07, 6.45) is 2.35. The van der Waals surface area contributed by atoms with Crippen molar-refractivity contribution in [1.82, 2.24) is 4.90 Å². The number of rotatable bonds is 3. The number of thioether (sulfide) groups is 1. The van der Waals surface area contributed by atoms with Crippen molar-refractivity contribution in [2.24, 2.45) is 0 Å². The van der Waals surface area contributed by atoms with E-state index < -0.39 is 0 Å². The summed E-state index contributed by atoms with van der Waals surface area (Å²) in [5.41, 5.74) is 2.55. The quantitative estimate of drug-likeness (QED) is 0.496. The summed E-state index contributed by atoms with van der Waals surface area (Å²) in [4.78, 5) is 14.5. The van der Waals surface area contributed by atoms with E-state index in [2.05, 4.69) is 12.1 Å². The van der Waals surface area contributed by atoms with Crippen LogP contribution in [0.25, 0.3) is 0 Å². The van der Waals surface area contributed by atoms with Crippen molar-refractivity contribution in [3.05, 3.63) is 65.0 Å². The summed E-state index contributed by atoms with van der Waals surface area (Å²) in [6.45, 7) is 3.26. The Balaban J connectivity index is 1.68. The number of carbonyl (C=O) groups excluding carboxylic acids is 1. The molecule has 0 fully saturated rings. The molecule has 4 nitrogen and oxygen atoms in total. The fourth-order valence-electron chi connectivity index (χ4n) is 2.68. The largest absolute Gasteiger partial charge is 0.618 e. The van der Waals surface area contributed by atoms with Crippen LogP contribution in [0.3, 0.4) is 0 Å². The molecule has 0 radical (unpaired) electrons. The maximum atomic E-state index is 12.6. The zero-order valence-electron chi connectivity index (χ0n) is 12.4. The number of amides is 1. The minimum atomic E-state index is -0.270. The molecule has 1 aliphatic heterocycles. The molecule has 1 amide bonds. The number of nitrogens with zero attached hydrogens (tertiary/aromatic N) is 2. The molecule has 22 heavy (non-hydrogen) atoms. The lowest BCUT2D eigenvalue weighted by Gasteiger charge is -2.30. The Kier molecular flexibility index (Phi) is 4.34. The van der Waals surface area contributed by atoms with Crippen molar-refractivity contribution >= 4 is 17.7 Å². The molecule has 1 aromatic heterocycles. The monoisotopic (exact) mass is 314 g/mol. The Morgan fingerprint density at radius 1 is 1.23 bits per heavy atom. The standard InChI is InChI=1S/C17H18N2O2S/c1-13(22-16-8-4-5-10-19(16)21)17(20)18-11-9-14-6-2-3-7-15(14)12-18/h2-8,10,13H,9,11-12H2,1H3/t13-/m1/s1. The van der Waals surface area contributed by atoms with E-state index in [0.29, 0.717) is 11.6 Å². The summed E-state index contributed by atoms with van der Waals surface area (Å²) >= 11 is 1.31. The number of pyridine rings is 1. The summed E-state index contributed by atoms with van der Waals surface area (Å²) in [7, 11) is 0. The number of aromatic nitrogens is 1. The van der Waals surface area contributed by atoms with Gasteiger partial charge in [-0.3, -0.25) is 4.79 Å². The van der Waals surface area contributed by atoms with Gasteiger partial charge in [-0.2, -0.15) is 4.73 Å². The Morgan fingerprint density at radius 2 is 1.95 bits per heavy atom. The molecule has 114 valence electrons. The predicted octanol–water partition coefficient (Wildman–Crippen LogP) is 2.39. The van der Waals surface area contributed by atoms with E-state index in [0.717, 1.165) is 17.7 Å². The topological polar surface area (TPSA) is 47.2 Å². The number of fused-ring (bicyclic) bond motifs is 1. The van der Waals surface area contributed by atoms with Crippen molar-refractivity contribution in [1.29, 1.82) is 0 Å². The number of hydrogen-bond acceptors (Lipinski definition) is 3. The van der Waals surface area contributed by atoms with E-state index >= 15 is 0 Å². The number of carbonyl (C=O) groups is 1. The first-order chi connectivity index (χ1) is 10.6. The SMILES string of the molecule is C[C@@H](Sc1cccc[n+]1[O-])C(=O)N1CCc2ccccc2C1. The molecule has 3 rings (SSSR count). The van der Waals surface area contributed by atoms with Gasteiger partial charge in [0.2, 0.25) is 5.91 Å². The zero-order valence-corrected chi connectivity index (χ0v) is 13.3. The molecule has 0 N–H and O–H groups in total. The van der Waals surface area contributed by atoms with Gasteiger partial charge in [-0.05, 0) is 42.3 Å². The fraction of sp³-hybridized carbons (Fsp3) is 0.294. The third-order valence-corrected chi connectivity index (χ3v) is 4.99. The van der Waals surface area contributed by atoms with Crippen LogP contribution in [0.2, 0.25) is 0 Å². The van der Waals surface area contributed by atoms with Crippen LogP contribution in [0.5, 0.6) is 0 Å². The molecule has 1 atom stereocenters. The van der Waals surface area contributed by atoms with Crippen LogP contribution in [0, 0.1) is 5.21 Å². The van der Waals surface area contributed by atoms with Crippen LogP contribution in [-0.2, 0) is 17.8 Å². The van der Waals surface area contributed by atoms with Gasteiger partial charge in [0.05, 0.1) is 5.25 Å². The van der Waals surface area contributed by atoms with Gasteiger partial charge < -0.3 is 10.1 Å². The van der Waals surface area contributed by atoms with Gasteiger partial charge >= 0.3 is 0 Å². The summed E-state index contributed by atoms with van der Waals surface area (Å²) in [5.74, 6) is 0.0864. The van der Waals surface area contributed by atoms with Gasteiger partial charge in [-0.25, -0.2) is 0 Å². The molecule has 2 aromatic rings. The van der Waals surface area contributed by atoms with Gasteiger partial charge in [0.1, 0.15) is 0 Å². The number of benzene rings is 1. The molecular formula is C17H18N2O2S. The highest BCUT2D eigenvalue weighted by atomic mass is 32.2. The lowest BCUT2D eigenvalue weighted by molar-refractivity contribution is -0.645. The maximum Gasteiger partial charge on any atom is 0.252 e. The van der Waals surface area contributed by atoms with E-state index in [4.69, 9.17) is 0 Å². The van der Waals surface area contributed by atoms with Gasteiger partial charge in [-0.1, -0.05) is 24.3 Å². The Labute approximate surface area is 134 Å². The summed E-state index contributed by atoms with van der Waals surface area (Å²) < 4.78 is 0.806. The first-order valence-corrected chi connectivity index (χ1v) is 8.23. The van der Waals surface area contributed by atoms with E-state index in [1.54, 1.807) is 12.1 Å². The first-order valence-electron chi connectivity index (χ1n) is 7.35. The highest BCUT2D eigenvalue weighted by molar-refractivity contribution is 8.00. The second-order valence-electron chi connectivity index (χ2n) is 5.40. The molecule has 1 aromatic carbocycles. The van der Waals surface area contributed by atoms with Crippen LogP contribution in [0.15, 0.2) is 53.7 Å². The Bertz CT molecular complexity index is 690. The Hall–Kier alpha value is -2.01. The fourth-order valence-corrected chi connectivity index (χ4v) is 3.61. The van der Waals surface area contributed by atoms with Crippen molar-refractivity contribution in [3.8, 4) is 0 Å². The molecule has 1 aliphatic rings. The maximum absolute atomic E-state index is 12.6. The van der Waals surface area contributed by atoms with Gasteiger partial charge in [0, 0.05) is 25.2 Å². The molecule has 0 spiro atoms. The van der Waals surface area contributed by atoms with Gasteiger partial charge in [0.15, 0.2) is 6.20 Å². The summed E-state index contributed by atoms with van der Waals surface area (Å²) in [6, 6.07) is 13.5. The molecule has 2 heterocycles. The van der Waals surface area contributed by atoms with Gasteiger partial charge in [-0.15, -0.1) is 0 Å². The summed E-state index contributed by atoms with van der Waals surface area (Å²) in [5, 5.41) is 12.0. The van der Waals surface area contributed by atoms with Gasteiger partial charge in [0.25, 0.3) is 5.03 Å². The number of hydrogen-bond donors (Lipinski definition) is 0. The van der Waals surface area contributed by atoms with E-state index in [-0.39, 0.29) is 11.2 Å². The molecule has 0 aliphatic carbocycles. The minimum absolute atomic E-state index is 0.0864. The Morgan fingerprint density at radius 3 is 2.73 bits per heavy atom. The third-order valence-electron chi connectivity index (χ3n) is 3.88.